The van der Waals surface area contributed by atoms with E-state index in [1.54, 1.807) is 0 Å². The van der Waals surface area contributed by atoms with Crippen LogP contribution in [0.1, 0.15) is 31.7 Å². The molecule has 144 valence electrons. The summed E-state index contributed by atoms with van der Waals surface area (Å²) >= 11 is 0. The molecule has 0 spiro atoms. The Balaban J connectivity index is 0.00000288. The van der Waals surface area contributed by atoms with E-state index in [-0.39, 0.29) is 42.9 Å². The van der Waals surface area contributed by atoms with Crippen molar-refractivity contribution >= 4 is 30.7 Å². The molecule has 3 atom stereocenters. The van der Waals surface area contributed by atoms with Gasteiger partial charge in [0.25, 0.3) is 0 Å². The van der Waals surface area contributed by atoms with E-state index in [4.69, 9.17) is 10.5 Å². The molecule has 1 saturated heterocycles. The van der Waals surface area contributed by atoms with Gasteiger partial charge in [0, 0.05) is 25.7 Å². The van der Waals surface area contributed by atoms with E-state index in [0.717, 1.165) is 25.8 Å². The van der Waals surface area contributed by atoms with Crippen LogP contribution < -0.4 is 11.1 Å². The van der Waals surface area contributed by atoms with Gasteiger partial charge in [-0.15, -0.1) is 24.8 Å². The van der Waals surface area contributed by atoms with Crippen molar-refractivity contribution in [1.29, 1.82) is 0 Å². The molecule has 5 nitrogen and oxygen atoms in total. The number of halogens is 2. The van der Waals surface area contributed by atoms with Gasteiger partial charge in [0.1, 0.15) is 6.10 Å². The van der Waals surface area contributed by atoms with Gasteiger partial charge < -0.3 is 15.8 Å². The lowest BCUT2D eigenvalue weighted by Crippen LogP contribution is -2.38. The van der Waals surface area contributed by atoms with Gasteiger partial charge in [-0.05, 0) is 38.8 Å². The minimum absolute atomic E-state index is 0. The average Bonchev–Trinajstić information content (AvgIpc) is 3.04. The third-order valence-corrected chi connectivity index (χ3v) is 4.55. The second kappa shape index (κ2) is 12.5. The van der Waals surface area contributed by atoms with E-state index in [1.165, 1.54) is 5.56 Å². The highest BCUT2D eigenvalue weighted by Crippen LogP contribution is 2.18. The first-order valence-corrected chi connectivity index (χ1v) is 8.47. The molecular weight excluding hydrogens is 361 g/mol. The number of benzene rings is 1. The molecule has 1 fully saturated rings. The van der Waals surface area contributed by atoms with Crippen molar-refractivity contribution in [2.45, 2.75) is 51.0 Å². The summed E-state index contributed by atoms with van der Waals surface area (Å²) in [4.78, 5) is 14.4. The van der Waals surface area contributed by atoms with Gasteiger partial charge in [-0.2, -0.15) is 0 Å². The van der Waals surface area contributed by atoms with Gasteiger partial charge in [0.2, 0.25) is 5.91 Å². The van der Waals surface area contributed by atoms with Crippen LogP contribution in [0.5, 0.6) is 0 Å². The Morgan fingerprint density at radius 3 is 2.60 bits per heavy atom. The van der Waals surface area contributed by atoms with Crippen molar-refractivity contribution in [2.75, 3.05) is 20.1 Å². The summed E-state index contributed by atoms with van der Waals surface area (Å²) in [6.45, 7) is 4.27. The summed E-state index contributed by atoms with van der Waals surface area (Å²) in [5.74, 6) is -0.00105. The first-order chi connectivity index (χ1) is 11.1. The van der Waals surface area contributed by atoms with E-state index in [2.05, 4.69) is 48.5 Å². The molecule has 3 N–H and O–H groups in total. The number of amides is 1. The maximum atomic E-state index is 12.1. The van der Waals surface area contributed by atoms with Crippen molar-refractivity contribution in [1.82, 2.24) is 10.2 Å². The molecule has 1 aromatic carbocycles. The van der Waals surface area contributed by atoms with Crippen molar-refractivity contribution in [3.05, 3.63) is 35.9 Å². The van der Waals surface area contributed by atoms with Gasteiger partial charge >= 0.3 is 0 Å². The SMILES string of the molecule is CC(CCNC(=O)[C@@H]1CC[C@H](CN)O1)N(C)Cc1ccccc1.Cl.Cl. The Morgan fingerprint density at radius 2 is 2.00 bits per heavy atom. The van der Waals surface area contributed by atoms with Crippen LogP contribution in [0, 0.1) is 0 Å². The molecule has 2 rings (SSSR count). The quantitative estimate of drug-likeness (QED) is 0.713. The van der Waals surface area contributed by atoms with E-state index in [9.17, 15) is 4.79 Å². The van der Waals surface area contributed by atoms with Gasteiger partial charge in [-0.25, -0.2) is 0 Å². The second-order valence-corrected chi connectivity index (χ2v) is 6.39. The number of nitrogens with zero attached hydrogens (tertiary/aromatic N) is 1. The van der Waals surface area contributed by atoms with Crippen LogP contribution in [0.4, 0.5) is 0 Å². The molecule has 1 aromatic rings. The Hall–Kier alpha value is -0.850. The van der Waals surface area contributed by atoms with E-state index in [0.29, 0.717) is 19.1 Å². The molecule has 1 aliphatic heterocycles. The lowest BCUT2D eigenvalue weighted by atomic mass is 10.1. The Kier molecular flexibility index (Phi) is 12.1. The first-order valence-electron chi connectivity index (χ1n) is 8.47. The van der Waals surface area contributed by atoms with Crippen molar-refractivity contribution in [2.24, 2.45) is 5.73 Å². The van der Waals surface area contributed by atoms with Crippen molar-refractivity contribution in [3.63, 3.8) is 0 Å². The summed E-state index contributed by atoms with van der Waals surface area (Å²) in [6.07, 6.45) is 2.30. The summed E-state index contributed by atoms with van der Waals surface area (Å²) in [5, 5.41) is 2.99. The number of rotatable bonds is 8. The highest BCUT2D eigenvalue weighted by Gasteiger charge is 2.29. The predicted octanol–water partition coefficient (Wildman–Crippen LogP) is 2.36. The maximum absolute atomic E-state index is 12.1. The first kappa shape index (κ1) is 24.1. The van der Waals surface area contributed by atoms with E-state index < -0.39 is 0 Å². The van der Waals surface area contributed by atoms with Crippen molar-refractivity contribution < 1.29 is 9.53 Å². The summed E-state index contributed by atoms with van der Waals surface area (Å²) in [5.41, 5.74) is 6.87. The molecule has 25 heavy (non-hydrogen) atoms. The number of hydrogen-bond donors (Lipinski definition) is 2. The predicted molar refractivity (Wildman–Crippen MR) is 106 cm³/mol. The van der Waals surface area contributed by atoms with Crippen molar-refractivity contribution in [3.8, 4) is 0 Å². The molecule has 1 heterocycles. The van der Waals surface area contributed by atoms with Gasteiger partial charge in [0.05, 0.1) is 6.10 Å². The van der Waals surface area contributed by atoms with Crippen LogP contribution in [0.25, 0.3) is 0 Å². The second-order valence-electron chi connectivity index (χ2n) is 6.39. The van der Waals surface area contributed by atoms with Gasteiger partial charge in [0.15, 0.2) is 0 Å². The van der Waals surface area contributed by atoms with E-state index in [1.807, 2.05) is 6.07 Å². The molecule has 0 aliphatic carbocycles. The van der Waals surface area contributed by atoms with Gasteiger partial charge in [-0.1, -0.05) is 30.3 Å². The molecule has 1 aliphatic rings. The largest absolute Gasteiger partial charge is 0.364 e. The summed E-state index contributed by atoms with van der Waals surface area (Å²) in [7, 11) is 2.12. The van der Waals surface area contributed by atoms with Crippen LogP contribution >= 0.6 is 24.8 Å². The van der Waals surface area contributed by atoms with Crippen LogP contribution in [0.3, 0.4) is 0 Å². The highest BCUT2D eigenvalue weighted by molar-refractivity contribution is 5.85. The molecule has 0 bridgehead atoms. The number of carbonyl (C=O) groups is 1. The van der Waals surface area contributed by atoms with Gasteiger partial charge in [-0.3, -0.25) is 9.69 Å². The standard InChI is InChI=1S/C18H29N3O2.2ClH/c1-14(21(2)13-15-6-4-3-5-7-15)10-11-20-18(22)17-9-8-16(12-19)23-17;;/h3-7,14,16-17H,8-13,19H2,1-2H3,(H,20,22);2*1H/t14?,16-,17+;;/m1../s1. The summed E-state index contributed by atoms with van der Waals surface area (Å²) in [6, 6.07) is 10.8. The molecular formula is C18H31Cl2N3O2. The summed E-state index contributed by atoms with van der Waals surface area (Å²) < 4.78 is 5.61. The van der Waals surface area contributed by atoms with Crippen LogP contribution in [-0.4, -0.2) is 49.2 Å². The number of carbonyl (C=O) groups excluding carboxylic acids is 1. The average molecular weight is 392 g/mol. The lowest BCUT2D eigenvalue weighted by molar-refractivity contribution is -0.131. The maximum Gasteiger partial charge on any atom is 0.249 e. The topological polar surface area (TPSA) is 67.6 Å². The number of hydrogen-bond acceptors (Lipinski definition) is 4. The smallest absolute Gasteiger partial charge is 0.249 e. The molecule has 0 radical (unpaired) electrons. The Bertz CT molecular complexity index is 490. The van der Waals surface area contributed by atoms with Crippen LogP contribution in [0.15, 0.2) is 30.3 Å². The fraction of sp³-hybridized carbons (Fsp3) is 0.611. The zero-order valence-electron chi connectivity index (χ0n) is 15.0. The normalized spacial score (nSPS) is 20.5. The zero-order valence-corrected chi connectivity index (χ0v) is 16.7. The molecule has 1 amide bonds. The zero-order chi connectivity index (χ0) is 16.7. The third kappa shape index (κ3) is 7.92. The van der Waals surface area contributed by atoms with E-state index >= 15 is 0 Å². The highest BCUT2D eigenvalue weighted by atomic mass is 35.5. The number of ether oxygens (including phenoxy) is 1. The number of nitrogens with one attached hydrogen (secondary N) is 1. The fourth-order valence-electron chi connectivity index (χ4n) is 2.84. The monoisotopic (exact) mass is 391 g/mol. The minimum Gasteiger partial charge on any atom is -0.364 e. The Morgan fingerprint density at radius 1 is 1.32 bits per heavy atom. The molecule has 0 saturated carbocycles. The van der Waals surface area contributed by atoms with Crippen LogP contribution in [0.2, 0.25) is 0 Å². The minimum atomic E-state index is -0.319. The molecule has 1 unspecified atom stereocenters. The third-order valence-electron chi connectivity index (χ3n) is 4.55. The number of nitrogens with two attached hydrogens (primary N) is 1. The fourth-order valence-corrected chi connectivity index (χ4v) is 2.84. The lowest BCUT2D eigenvalue weighted by Gasteiger charge is -2.25. The molecule has 0 aromatic heterocycles. The van der Waals surface area contributed by atoms with Crippen LogP contribution in [-0.2, 0) is 16.1 Å². The Labute approximate surface area is 163 Å². The molecule has 7 heteroatoms.